The van der Waals surface area contributed by atoms with E-state index in [2.05, 4.69) is 5.32 Å². The molecule has 3 N–H and O–H groups in total. The lowest BCUT2D eigenvalue weighted by atomic mass is 10.1. The Kier molecular flexibility index (Phi) is 3.50. The van der Waals surface area contributed by atoms with Gasteiger partial charge in [0.25, 0.3) is 5.91 Å². The van der Waals surface area contributed by atoms with Gasteiger partial charge < -0.3 is 15.5 Å². The Morgan fingerprint density at radius 2 is 2.00 bits per heavy atom. The van der Waals surface area contributed by atoms with Crippen LogP contribution in [-0.4, -0.2) is 28.1 Å². The van der Waals surface area contributed by atoms with Crippen LogP contribution in [0.4, 0.5) is 0 Å². The first-order chi connectivity index (χ1) is 7.41. The maximum Gasteiger partial charge on any atom is 0.325 e. The highest BCUT2D eigenvalue weighted by atomic mass is 16.4. The Labute approximate surface area is 92.7 Å². The zero-order valence-electron chi connectivity index (χ0n) is 9.02. The van der Waals surface area contributed by atoms with E-state index in [4.69, 9.17) is 10.2 Å². The van der Waals surface area contributed by atoms with Gasteiger partial charge in [0.2, 0.25) is 0 Å². The zero-order chi connectivity index (χ0) is 12.3. The molecule has 0 aliphatic rings. The van der Waals surface area contributed by atoms with E-state index in [0.29, 0.717) is 11.1 Å². The molecule has 0 saturated carbocycles. The van der Waals surface area contributed by atoms with Crippen molar-refractivity contribution >= 4 is 11.9 Å². The molecule has 1 aromatic carbocycles. The number of phenols is 1. The molecule has 0 aliphatic heterocycles. The van der Waals surface area contributed by atoms with Crippen molar-refractivity contribution in [2.45, 2.75) is 19.9 Å². The Hall–Kier alpha value is -2.04. The Balaban J connectivity index is 2.85. The highest BCUT2D eigenvalue weighted by Crippen LogP contribution is 2.15. The van der Waals surface area contributed by atoms with E-state index in [-0.39, 0.29) is 5.75 Å². The molecule has 1 atom stereocenters. The van der Waals surface area contributed by atoms with E-state index in [0.717, 1.165) is 0 Å². The molecule has 5 nitrogen and oxygen atoms in total. The van der Waals surface area contributed by atoms with E-state index in [1.807, 2.05) is 0 Å². The quantitative estimate of drug-likeness (QED) is 0.710. The van der Waals surface area contributed by atoms with Crippen molar-refractivity contribution in [2.75, 3.05) is 0 Å². The van der Waals surface area contributed by atoms with Gasteiger partial charge in [0, 0.05) is 5.56 Å². The summed E-state index contributed by atoms with van der Waals surface area (Å²) in [4.78, 5) is 22.2. The monoisotopic (exact) mass is 223 g/mol. The number of carbonyl (C=O) groups is 2. The summed E-state index contributed by atoms with van der Waals surface area (Å²) in [5, 5.41) is 20.1. The number of phenolic OH excluding ortho intramolecular Hbond substituents is 1. The maximum atomic E-state index is 11.6. The number of carboxylic acids is 1. The van der Waals surface area contributed by atoms with Crippen molar-refractivity contribution in [1.29, 1.82) is 0 Å². The minimum Gasteiger partial charge on any atom is -0.508 e. The fourth-order valence-electron chi connectivity index (χ4n) is 1.24. The van der Waals surface area contributed by atoms with E-state index < -0.39 is 17.9 Å². The van der Waals surface area contributed by atoms with Gasteiger partial charge in [-0.05, 0) is 37.6 Å². The summed E-state index contributed by atoms with van der Waals surface area (Å²) < 4.78 is 0. The van der Waals surface area contributed by atoms with E-state index in [1.54, 1.807) is 6.92 Å². The van der Waals surface area contributed by atoms with Crippen LogP contribution >= 0.6 is 0 Å². The molecule has 0 aromatic heterocycles. The van der Waals surface area contributed by atoms with Gasteiger partial charge in [0.05, 0.1) is 0 Å². The number of rotatable bonds is 3. The van der Waals surface area contributed by atoms with Gasteiger partial charge in [-0.25, -0.2) is 0 Å². The number of hydrogen-bond acceptors (Lipinski definition) is 3. The third-order valence-corrected chi connectivity index (χ3v) is 2.17. The molecule has 0 spiro atoms. The SMILES string of the molecule is Cc1cc(O)ccc1C(=O)N[C@H](C)C(=O)O. The molecule has 0 saturated heterocycles. The number of nitrogens with one attached hydrogen (secondary N) is 1. The second-order valence-corrected chi connectivity index (χ2v) is 3.53. The van der Waals surface area contributed by atoms with Crippen molar-refractivity contribution in [3.8, 4) is 5.75 Å². The summed E-state index contributed by atoms with van der Waals surface area (Å²) in [6.45, 7) is 3.05. The lowest BCUT2D eigenvalue weighted by molar-refractivity contribution is -0.138. The van der Waals surface area contributed by atoms with Gasteiger partial charge in [-0.3, -0.25) is 9.59 Å². The van der Waals surface area contributed by atoms with Gasteiger partial charge in [-0.15, -0.1) is 0 Å². The van der Waals surface area contributed by atoms with Crippen molar-refractivity contribution in [3.63, 3.8) is 0 Å². The average molecular weight is 223 g/mol. The molecule has 0 fully saturated rings. The topological polar surface area (TPSA) is 86.6 Å². The van der Waals surface area contributed by atoms with Crippen molar-refractivity contribution in [3.05, 3.63) is 29.3 Å². The zero-order valence-corrected chi connectivity index (χ0v) is 9.02. The third kappa shape index (κ3) is 2.73. The van der Waals surface area contributed by atoms with Crippen LogP contribution in [0.3, 0.4) is 0 Å². The van der Waals surface area contributed by atoms with Crippen molar-refractivity contribution < 1.29 is 19.8 Å². The number of aryl methyl sites for hydroxylation is 1. The molecule has 1 rings (SSSR count). The lowest BCUT2D eigenvalue weighted by Crippen LogP contribution is -2.38. The van der Waals surface area contributed by atoms with Crippen molar-refractivity contribution in [1.82, 2.24) is 5.32 Å². The van der Waals surface area contributed by atoms with Crippen LogP contribution in [-0.2, 0) is 4.79 Å². The Morgan fingerprint density at radius 1 is 1.38 bits per heavy atom. The molecule has 86 valence electrons. The third-order valence-electron chi connectivity index (χ3n) is 2.17. The van der Waals surface area contributed by atoms with Crippen LogP contribution in [0.1, 0.15) is 22.8 Å². The number of carbonyl (C=O) groups excluding carboxylic acids is 1. The first-order valence-electron chi connectivity index (χ1n) is 4.75. The number of aromatic hydroxyl groups is 1. The minimum atomic E-state index is -1.09. The summed E-state index contributed by atoms with van der Waals surface area (Å²) >= 11 is 0. The summed E-state index contributed by atoms with van der Waals surface area (Å²) in [7, 11) is 0. The molecule has 5 heteroatoms. The van der Waals surface area contributed by atoms with Crippen LogP contribution in [0.25, 0.3) is 0 Å². The standard InChI is InChI=1S/C11H13NO4/c1-6-5-8(13)3-4-9(6)10(14)12-7(2)11(15)16/h3-5,7,13H,1-2H3,(H,12,14)(H,15,16)/t7-/m1/s1. The van der Waals surface area contributed by atoms with Gasteiger partial charge in [-0.2, -0.15) is 0 Å². The van der Waals surface area contributed by atoms with Crippen LogP contribution in [0, 0.1) is 6.92 Å². The fraction of sp³-hybridized carbons (Fsp3) is 0.273. The highest BCUT2D eigenvalue weighted by molar-refractivity contribution is 5.97. The molecule has 0 aliphatic carbocycles. The Bertz CT molecular complexity index is 428. The lowest BCUT2D eigenvalue weighted by Gasteiger charge is -2.10. The molecule has 1 aromatic rings. The molecular weight excluding hydrogens is 210 g/mol. The van der Waals surface area contributed by atoms with Gasteiger partial charge in [-0.1, -0.05) is 0 Å². The van der Waals surface area contributed by atoms with Gasteiger partial charge >= 0.3 is 5.97 Å². The highest BCUT2D eigenvalue weighted by Gasteiger charge is 2.16. The van der Waals surface area contributed by atoms with E-state index in [9.17, 15) is 9.59 Å². The van der Waals surface area contributed by atoms with Crippen molar-refractivity contribution in [2.24, 2.45) is 0 Å². The molecule has 0 unspecified atom stereocenters. The molecule has 0 bridgehead atoms. The number of hydrogen-bond donors (Lipinski definition) is 3. The van der Waals surface area contributed by atoms with Crippen LogP contribution in [0.5, 0.6) is 5.75 Å². The molecule has 16 heavy (non-hydrogen) atoms. The summed E-state index contributed by atoms with van der Waals surface area (Å²) in [6.07, 6.45) is 0. The molecule has 0 heterocycles. The molecule has 1 amide bonds. The number of benzene rings is 1. The average Bonchev–Trinajstić information content (AvgIpc) is 2.16. The minimum absolute atomic E-state index is 0.0698. The van der Waals surface area contributed by atoms with E-state index in [1.165, 1.54) is 25.1 Å². The first-order valence-corrected chi connectivity index (χ1v) is 4.75. The molecular formula is C11H13NO4. The second-order valence-electron chi connectivity index (χ2n) is 3.53. The van der Waals surface area contributed by atoms with Crippen LogP contribution in [0.2, 0.25) is 0 Å². The summed E-state index contributed by atoms with van der Waals surface area (Å²) in [5.41, 5.74) is 0.945. The number of aliphatic carboxylic acids is 1. The maximum absolute atomic E-state index is 11.6. The summed E-state index contributed by atoms with van der Waals surface area (Å²) in [6, 6.07) is 3.34. The van der Waals surface area contributed by atoms with E-state index >= 15 is 0 Å². The predicted octanol–water partition coefficient (Wildman–Crippen LogP) is 0.904. The smallest absolute Gasteiger partial charge is 0.325 e. The number of amides is 1. The van der Waals surface area contributed by atoms with Gasteiger partial charge in [0.1, 0.15) is 11.8 Å². The second kappa shape index (κ2) is 4.65. The number of carboxylic acid groups (broad SMARTS) is 1. The Morgan fingerprint density at radius 3 is 2.50 bits per heavy atom. The van der Waals surface area contributed by atoms with Gasteiger partial charge in [0.15, 0.2) is 0 Å². The fourth-order valence-corrected chi connectivity index (χ4v) is 1.24. The predicted molar refractivity (Wildman–Crippen MR) is 57.4 cm³/mol. The normalized spacial score (nSPS) is 11.9. The largest absolute Gasteiger partial charge is 0.508 e. The van der Waals surface area contributed by atoms with Crippen LogP contribution in [0.15, 0.2) is 18.2 Å². The molecule has 0 radical (unpaired) electrons. The first kappa shape index (κ1) is 12.0. The van der Waals surface area contributed by atoms with Crippen LogP contribution < -0.4 is 5.32 Å². The summed E-state index contributed by atoms with van der Waals surface area (Å²) in [5.74, 6) is -1.49.